The van der Waals surface area contributed by atoms with Crippen LogP contribution in [0.5, 0.6) is 0 Å². The van der Waals surface area contributed by atoms with Gasteiger partial charge in [-0.05, 0) is 49.5 Å². The van der Waals surface area contributed by atoms with Gasteiger partial charge in [-0.3, -0.25) is 14.5 Å². The zero-order chi connectivity index (χ0) is 16.8. The number of hydrogen-bond donors (Lipinski definition) is 2. The number of nitrogens with one attached hydrogen (secondary N) is 2. The lowest BCUT2D eigenvalue weighted by Crippen LogP contribution is -2.37. The van der Waals surface area contributed by atoms with Crippen molar-refractivity contribution >= 4 is 23.2 Å². The molecule has 2 aliphatic carbocycles. The second-order valence-corrected chi connectivity index (χ2v) is 7.67. The summed E-state index contributed by atoms with van der Waals surface area (Å²) in [6, 6.07) is 2.58. The van der Waals surface area contributed by atoms with E-state index in [4.69, 9.17) is 0 Å². The summed E-state index contributed by atoms with van der Waals surface area (Å²) in [6.45, 7) is 3.47. The van der Waals surface area contributed by atoms with E-state index in [9.17, 15) is 9.59 Å². The third kappa shape index (κ3) is 5.91. The first kappa shape index (κ1) is 17.4. The lowest BCUT2D eigenvalue weighted by atomic mass is 10.2. The van der Waals surface area contributed by atoms with Crippen LogP contribution in [0, 0.1) is 5.92 Å². The Hall–Kier alpha value is -1.40. The molecule has 0 saturated heterocycles. The van der Waals surface area contributed by atoms with Crippen LogP contribution in [0.2, 0.25) is 0 Å². The van der Waals surface area contributed by atoms with Crippen molar-refractivity contribution in [1.29, 1.82) is 0 Å². The van der Waals surface area contributed by atoms with E-state index >= 15 is 0 Å². The molecule has 0 bridgehead atoms. The van der Waals surface area contributed by atoms with Gasteiger partial charge in [0, 0.05) is 49.6 Å². The van der Waals surface area contributed by atoms with Gasteiger partial charge in [0.1, 0.15) is 0 Å². The predicted molar refractivity (Wildman–Crippen MR) is 96.2 cm³/mol. The van der Waals surface area contributed by atoms with Gasteiger partial charge in [0.05, 0.1) is 0 Å². The Morgan fingerprint density at radius 3 is 2.67 bits per heavy atom. The fraction of sp³-hybridized carbons (Fsp3) is 0.667. The van der Waals surface area contributed by atoms with Crippen molar-refractivity contribution in [3.8, 4) is 0 Å². The summed E-state index contributed by atoms with van der Waals surface area (Å²) >= 11 is 1.51. The Bertz CT molecular complexity index is 538. The van der Waals surface area contributed by atoms with Crippen molar-refractivity contribution in [2.24, 2.45) is 5.92 Å². The third-order valence-corrected chi connectivity index (χ3v) is 5.31. The molecule has 2 N–H and O–H groups in total. The largest absolute Gasteiger partial charge is 0.355 e. The van der Waals surface area contributed by atoms with Crippen molar-refractivity contribution in [3.05, 3.63) is 22.4 Å². The van der Waals surface area contributed by atoms with E-state index in [1.807, 2.05) is 10.8 Å². The van der Waals surface area contributed by atoms with Crippen LogP contribution in [0.3, 0.4) is 0 Å². The topological polar surface area (TPSA) is 61.4 Å². The summed E-state index contributed by atoms with van der Waals surface area (Å²) in [5.41, 5.74) is 0.695. The molecule has 2 aliphatic rings. The van der Waals surface area contributed by atoms with Crippen LogP contribution < -0.4 is 10.6 Å². The van der Waals surface area contributed by atoms with Crippen LogP contribution in [-0.4, -0.2) is 48.9 Å². The summed E-state index contributed by atoms with van der Waals surface area (Å²) in [5, 5.41) is 9.57. The first-order valence-corrected chi connectivity index (χ1v) is 9.98. The summed E-state index contributed by atoms with van der Waals surface area (Å²) in [5.74, 6) is 0.937. The van der Waals surface area contributed by atoms with Gasteiger partial charge in [-0.25, -0.2) is 0 Å². The first-order valence-electron chi connectivity index (χ1n) is 9.03. The smallest absolute Gasteiger partial charge is 0.252 e. The molecule has 1 heterocycles. The van der Waals surface area contributed by atoms with Gasteiger partial charge < -0.3 is 10.6 Å². The maximum Gasteiger partial charge on any atom is 0.252 e. The maximum atomic E-state index is 11.9. The number of rotatable bonds is 11. The van der Waals surface area contributed by atoms with Crippen LogP contribution in [0.4, 0.5) is 0 Å². The van der Waals surface area contributed by atoms with Gasteiger partial charge >= 0.3 is 0 Å². The monoisotopic (exact) mass is 349 g/mol. The van der Waals surface area contributed by atoms with Gasteiger partial charge in [-0.1, -0.05) is 0 Å². The Labute approximate surface area is 147 Å². The van der Waals surface area contributed by atoms with Crippen molar-refractivity contribution in [1.82, 2.24) is 15.5 Å². The van der Waals surface area contributed by atoms with Gasteiger partial charge in [0.2, 0.25) is 5.91 Å². The van der Waals surface area contributed by atoms with E-state index in [0.29, 0.717) is 24.9 Å². The number of thiophene rings is 1. The summed E-state index contributed by atoms with van der Waals surface area (Å²) in [7, 11) is 0. The standard InChI is InChI=1S/C18H27N3O2S/c22-17(2-1-8-20-18(23)15-7-11-24-13-15)19-9-10-21(16-5-6-16)12-14-3-4-14/h7,11,13-14,16H,1-6,8-10,12H2,(H,19,22)(H,20,23). The molecule has 24 heavy (non-hydrogen) atoms. The van der Waals surface area contributed by atoms with E-state index in [1.54, 1.807) is 6.07 Å². The molecule has 0 radical (unpaired) electrons. The van der Waals surface area contributed by atoms with Crippen LogP contribution in [-0.2, 0) is 4.79 Å². The van der Waals surface area contributed by atoms with Gasteiger partial charge in [-0.2, -0.15) is 11.3 Å². The normalized spacial score (nSPS) is 17.0. The Morgan fingerprint density at radius 1 is 1.17 bits per heavy atom. The number of amides is 2. The molecule has 3 rings (SSSR count). The van der Waals surface area contributed by atoms with Crippen molar-refractivity contribution < 1.29 is 9.59 Å². The molecular weight excluding hydrogens is 322 g/mol. The van der Waals surface area contributed by atoms with Crippen LogP contribution in [0.25, 0.3) is 0 Å². The minimum atomic E-state index is -0.0585. The van der Waals surface area contributed by atoms with Crippen molar-refractivity contribution in [2.45, 2.75) is 44.6 Å². The molecule has 2 amide bonds. The molecule has 2 fully saturated rings. The molecule has 6 heteroatoms. The molecule has 0 atom stereocenters. The molecule has 0 unspecified atom stereocenters. The fourth-order valence-electron chi connectivity index (χ4n) is 2.87. The van der Waals surface area contributed by atoms with Crippen LogP contribution in [0.15, 0.2) is 16.8 Å². The third-order valence-electron chi connectivity index (χ3n) is 4.62. The number of nitrogens with zero attached hydrogens (tertiary/aromatic N) is 1. The van der Waals surface area contributed by atoms with E-state index < -0.39 is 0 Å². The highest BCUT2D eigenvalue weighted by molar-refractivity contribution is 7.08. The molecule has 1 aromatic rings. The van der Waals surface area contributed by atoms with Crippen molar-refractivity contribution in [2.75, 3.05) is 26.2 Å². The molecule has 0 spiro atoms. The zero-order valence-electron chi connectivity index (χ0n) is 14.1. The zero-order valence-corrected chi connectivity index (χ0v) is 14.9. The van der Waals surface area contributed by atoms with Crippen molar-refractivity contribution in [3.63, 3.8) is 0 Å². The molecule has 0 aliphatic heterocycles. The minimum absolute atomic E-state index is 0.0585. The molecular formula is C18H27N3O2S. The lowest BCUT2D eigenvalue weighted by Gasteiger charge is -2.21. The lowest BCUT2D eigenvalue weighted by molar-refractivity contribution is -0.121. The Balaban J connectivity index is 1.22. The molecule has 1 aromatic heterocycles. The minimum Gasteiger partial charge on any atom is -0.355 e. The number of hydrogen-bond acceptors (Lipinski definition) is 4. The number of carbonyl (C=O) groups is 2. The van der Waals surface area contributed by atoms with Gasteiger partial charge in [0.25, 0.3) is 5.91 Å². The van der Waals surface area contributed by atoms with E-state index in [0.717, 1.165) is 25.0 Å². The maximum absolute atomic E-state index is 11.9. The molecule has 2 saturated carbocycles. The Morgan fingerprint density at radius 2 is 2.00 bits per heavy atom. The fourth-order valence-corrected chi connectivity index (χ4v) is 3.50. The SMILES string of the molecule is O=C(CCCNC(=O)c1ccsc1)NCCN(CC1CC1)C1CC1. The highest BCUT2D eigenvalue weighted by atomic mass is 32.1. The van der Waals surface area contributed by atoms with Crippen LogP contribution in [0.1, 0.15) is 48.9 Å². The highest BCUT2D eigenvalue weighted by Crippen LogP contribution is 2.34. The summed E-state index contributed by atoms with van der Waals surface area (Å²) in [6.07, 6.45) is 6.56. The average Bonchev–Trinajstić information content (AvgIpc) is 3.50. The second-order valence-electron chi connectivity index (χ2n) is 6.89. The Kier molecular flexibility index (Phi) is 6.26. The quantitative estimate of drug-likeness (QED) is 0.602. The van der Waals surface area contributed by atoms with Crippen LogP contribution >= 0.6 is 11.3 Å². The molecule has 0 aromatic carbocycles. The summed E-state index contributed by atoms with van der Waals surface area (Å²) < 4.78 is 0. The number of carbonyl (C=O) groups excluding carboxylic acids is 2. The average molecular weight is 350 g/mol. The first-order chi connectivity index (χ1) is 11.7. The molecule has 132 valence electrons. The van der Waals surface area contributed by atoms with E-state index in [2.05, 4.69) is 15.5 Å². The van der Waals surface area contributed by atoms with Gasteiger partial charge in [0.15, 0.2) is 0 Å². The molecule has 5 nitrogen and oxygen atoms in total. The van der Waals surface area contributed by atoms with Gasteiger partial charge in [-0.15, -0.1) is 0 Å². The van der Waals surface area contributed by atoms with E-state index in [1.165, 1.54) is 43.6 Å². The second kappa shape index (κ2) is 8.62. The highest BCUT2D eigenvalue weighted by Gasteiger charge is 2.33. The summed E-state index contributed by atoms with van der Waals surface area (Å²) in [4.78, 5) is 26.2. The van der Waals surface area contributed by atoms with E-state index in [-0.39, 0.29) is 11.8 Å². The predicted octanol–water partition coefficient (Wildman–Crippen LogP) is 2.25.